The average Bonchev–Trinajstić information content (AvgIpc) is 3.22. The molecule has 1 fully saturated rings. The number of nitrogens with zero attached hydrogens (tertiary/aromatic N) is 1. The van der Waals surface area contributed by atoms with Crippen LogP contribution in [0.2, 0.25) is 0 Å². The van der Waals surface area contributed by atoms with Crippen molar-refractivity contribution < 1.29 is 4.74 Å². The fraction of sp³-hybridized carbons (Fsp3) is 0.706. The number of hydrogen-bond acceptors (Lipinski definition) is 3. The fourth-order valence-electron chi connectivity index (χ4n) is 2.73. The van der Waals surface area contributed by atoms with Gasteiger partial charge in [0.25, 0.3) is 0 Å². The molecule has 0 bridgehead atoms. The van der Waals surface area contributed by atoms with Crippen molar-refractivity contribution in [3.63, 3.8) is 0 Å². The van der Waals surface area contributed by atoms with Crippen LogP contribution in [-0.4, -0.2) is 38.8 Å². The van der Waals surface area contributed by atoms with Crippen LogP contribution in [-0.2, 0) is 4.74 Å². The van der Waals surface area contributed by atoms with Gasteiger partial charge in [-0.25, -0.2) is 0 Å². The molecule has 124 valence electrons. The van der Waals surface area contributed by atoms with Crippen molar-refractivity contribution in [3.05, 3.63) is 22.4 Å². The molecule has 1 unspecified atom stereocenters. The summed E-state index contributed by atoms with van der Waals surface area (Å²) >= 11 is 1.81. The zero-order chi connectivity index (χ0) is 15.6. The van der Waals surface area contributed by atoms with Gasteiger partial charge < -0.3 is 15.4 Å². The Morgan fingerprint density at radius 2 is 2.23 bits per heavy atom. The van der Waals surface area contributed by atoms with Gasteiger partial charge in [-0.15, -0.1) is 11.3 Å². The lowest BCUT2D eigenvalue weighted by atomic mass is 10.1. The van der Waals surface area contributed by atoms with E-state index in [-0.39, 0.29) is 0 Å². The van der Waals surface area contributed by atoms with Gasteiger partial charge in [0.05, 0.1) is 6.10 Å². The summed E-state index contributed by atoms with van der Waals surface area (Å²) in [5.74, 6) is 1.38. The second-order valence-electron chi connectivity index (χ2n) is 5.93. The molecule has 5 heteroatoms. The van der Waals surface area contributed by atoms with E-state index in [1.54, 1.807) is 0 Å². The minimum atomic E-state index is 0.504. The van der Waals surface area contributed by atoms with Gasteiger partial charge in [-0.05, 0) is 30.7 Å². The smallest absolute Gasteiger partial charge is 0.190 e. The van der Waals surface area contributed by atoms with Crippen LogP contribution in [0.3, 0.4) is 0 Å². The van der Waals surface area contributed by atoms with Crippen molar-refractivity contribution in [2.24, 2.45) is 4.99 Å². The van der Waals surface area contributed by atoms with Crippen LogP contribution in [0.25, 0.3) is 0 Å². The zero-order valence-corrected chi connectivity index (χ0v) is 14.6. The first-order valence-corrected chi connectivity index (χ1v) is 9.27. The monoisotopic (exact) mass is 323 g/mol. The molecular formula is C17H29N3OS. The minimum Gasteiger partial charge on any atom is -0.378 e. The Labute approximate surface area is 138 Å². The molecule has 1 aromatic heterocycles. The maximum atomic E-state index is 5.87. The molecule has 1 saturated carbocycles. The fourth-order valence-corrected chi connectivity index (χ4v) is 3.51. The van der Waals surface area contributed by atoms with E-state index in [2.05, 4.69) is 40.1 Å². The Bertz CT molecular complexity index is 427. The Morgan fingerprint density at radius 3 is 2.91 bits per heavy atom. The maximum Gasteiger partial charge on any atom is 0.190 e. The summed E-state index contributed by atoms with van der Waals surface area (Å²) in [5.41, 5.74) is 0. The Balaban J connectivity index is 1.55. The molecule has 4 nitrogen and oxygen atoms in total. The normalized spacial score (nSPS) is 17.6. The van der Waals surface area contributed by atoms with E-state index < -0.39 is 0 Å². The summed E-state index contributed by atoms with van der Waals surface area (Å²) < 4.78 is 5.87. The van der Waals surface area contributed by atoms with Gasteiger partial charge in [-0.3, -0.25) is 4.99 Å². The first kappa shape index (κ1) is 17.3. The molecule has 0 spiro atoms. The molecule has 0 aromatic carbocycles. The van der Waals surface area contributed by atoms with Gasteiger partial charge in [-0.2, -0.15) is 0 Å². The number of ether oxygens (including phenoxy) is 1. The highest BCUT2D eigenvalue weighted by atomic mass is 32.1. The topological polar surface area (TPSA) is 45.7 Å². The van der Waals surface area contributed by atoms with E-state index in [1.807, 2.05) is 18.4 Å². The predicted molar refractivity (Wildman–Crippen MR) is 94.9 cm³/mol. The molecule has 1 aliphatic rings. The van der Waals surface area contributed by atoms with E-state index in [0.29, 0.717) is 12.0 Å². The SMILES string of the molecule is CN=C(NCCCOC1CCCC1)NCC(C)c1cccs1. The van der Waals surface area contributed by atoms with Crippen LogP contribution in [0.5, 0.6) is 0 Å². The summed E-state index contributed by atoms with van der Waals surface area (Å²) in [6.45, 7) is 4.89. The standard InChI is InChI=1S/C17H29N3OS/c1-14(16-9-5-12-22-16)13-20-17(18-2)19-10-6-11-21-15-7-3-4-8-15/h5,9,12,14-15H,3-4,6-8,10-11,13H2,1-2H3,(H2,18,19,20). The van der Waals surface area contributed by atoms with Crippen molar-refractivity contribution in [2.75, 3.05) is 26.7 Å². The Morgan fingerprint density at radius 1 is 1.41 bits per heavy atom. The van der Waals surface area contributed by atoms with Crippen LogP contribution >= 0.6 is 11.3 Å². The van der Waals surface area contributed by atoms with Crippen molar-refractivity contribution >= 4 is 17.3 Å². The second-order valence-corrected chi connectivity index (χ2v) is 6.91. The molecule has 1 aromatic rings. The number of rotatable bonds is 8. The minimum absolute atomic E-state index is 0.504. The molecule has 0 aliphatic heterocycles. The average molecular weight is 324 g/mol. The highest BCUT2D eigenvalue weighted by molar-refractivity contribution is 7.10. The van der Waals surface area contributed by atoms with Gasteiger partial charge >= 0.3 is 0 Å². The number of guanidine groups is 1. The third kappa shape index (κ3) is 5.97. The maximum absolute atomic E-state index is 5.87. The Hall–Kier alpha value is -1.07. The molecule has 0 radical (unpaired) electrons. The first-order chi connectivity index (χ1) is 10.8. The molecule has 2 N–H and O–H groups in total. The summed E-state index contributed by atoms with van der Waals surface area (Å²) in [5, 5.41) is 8.88. The van der Waals surface area contributed by atoms with Crippen LogP contribution in [0.1, 0.15) is 49.8 Å². The van der Waals surface area contributed by atoms with E-state index in [9.17, 15) is 0 Å². The van der Waals surface area contributed by atoms with Crippen LogP contribution in [0.4, 0.5) is 0 Å². The van der Waals surface area contributed by atoms with Gasteiger partial charge in [0.15, 0.2) is 5.96 Å². The van der Waals surface area contributed by atoms with E-state index >= 15 is 0 Å². The highest BCUT2D eigenvalue weighted by Gasteiger charge is 2.14. The lowest BCUT2D eigenvalue weighted by Crippen LogP contribution is -2.39. The van der Waals surface area contributed by atoms with Gasteiger partial charge in [-0.1, -0.05) is 25.8 Å². The molecule has 1 aliphatic carbocycles. The van der Waals surface area contributed by atoms with Gasteiger partial charge in [0.1, 0.15) is 0 Å². The molecule has 2 rings (SSSR count). The van der Waals surface area contributed by atoms with Crippen LogP contribution in [0.15, 0.2) is 22.5 Å². The summed E-state index contributed by atoms with van der Waals surface area (Å²) in [4.78, 5) is 5.68. The van der Waals surface area contributed by atoms with Crippen molar-refractivity contribution in [2.45, 2.75) is 51.0 Å². The quantitative estimate of drug-likeness (QED) is 0.438. The lowest BCUT2D eigenvalue weighted by Gasteiger charge is -2.16. The molecular weight excluding hydrogens is 294 g/mol. The first-order valence-electron chi connectivity index (χ1n) is 8.39. The van der Waals surface area contributed by atoms with Gasteiger partial charge in [0, 0.05) is 37.5 Å². The Kier molecular flexibility index (Phi) is 7.74. The molecule has 22 heavy (non-hydrogen) atoms. The third-order valence-electron chi connectivity index (χ3n) is 4.10. The summed E-state index contributed by atoms with van der Waals surface area (Å²) in [7, 11) is 1.82. The molecule has 1 atom stereocenters. The van der Waals surface area contributed by atoms with E-state index in [1.165, 1.54) is 30.6 Å². The summed E-state index contributed by atoms with van der Waals surface area (Å²) in [6.07, 6.45) is 6.71. The highest BCUT2D eigenvalue weighted by Crippen LogP contribution is 2.21. The molecule has 1 heterocycles. The van der Waals surface area contributed by atoms with Gasteiger partial charge in [0.2, 0.25) is 0 Å². The number of hydrogen-bond donors (Lipinski definition) is 2. The number of thiophene rings is 1. The zero-order valence-electron chi connectivity index (χ0n) is 13.8. The van der Waals surface area contributed by atoms with Crippen LogP contribution < -0.4 is 10.6 Å². The van der Waals surface area contributed by atoms with E-state index in [4.69, 9.17) is 4.74 Å². The lowest BCUT2D eigenvalue weighted by molar-refractivity contribution is 0.0574. The molecule has 0 amide bonds. The number of nitrogens with one attached hydrogen (secondary N) is 2. The molecule has 0 saturated heterocycles. The van der Waals surface area contributed by atoms with Crippen molar-refractivity contribution in [3.8, 4) is 0 Å². The predicted octanol–water partition coefficient (Wildman–Crippen LogP) is 3.37. The second kappa shape index (κ2) is 9.85. The largest absolute Gasteiger partial charge is 0.378 e. The van der Waals surface area contributed by atoms with Crippen LogP contribution in [0, 0.1) is 0 Å². The summed E-state index contributed by atoms with van der Waals surface area (Å²) in [6, 6.07) is 4.29. The van der Waals surface area contributed by atoms with Crippen molar-refractivity contribution in [1.29, 1.82) is 0 Å². The van der Waals surface area contributed by atoms with E-state index in [0.717, 1.165) is 32.1 Å². The number of aliphatic imine (C=N–C) groups is 1. The third-order valence-corrected chi connectivity index (χ3v) is 5.20. The van der Waals surface area contributed by atoms with Crippen molar-refractivity contribution in [1.82, 2.24) is 10.6 Å².